The number of piperidine rings is 1. The predicted molar refractivity (Wildman–Crippen MR) is 101 cm³/mol. The minimum absolute atomic E-state index is 0.163. The van der Waals surface area contributed by atoms with Gasteiger partial charge in [-0.05, 0) is 63.3 Å². The average molecular weight is 362 g/mol. The molecular weight excluding hydrogens is 334 g/mol. The number of nitrogens with zero attached hydrogens (tertiary/aromatic N) is 3. The van der Waals surface area contributed by atoms with Gasteiger partial charge in [-0.3, -0.25) is 4.79 Å². The number of hydrogen-bond donors (Lipinski definition) is 0. The van der Waals surface area contributed by atoms with Crippen molar-refractivity contribution in [2.75, 3.05) is 33.3 Å². The molecule has 25 heavy (non-hydrogen) atoms. The van der Waals surface area contributed by atoms with Gasteiger partial charge in [0.25, 0.3) is 5.91 Å². The highest BCUT2D eigenvalue weighted by Crippen LogP contribution is 2.27. The lowest BCUT2D eigenvalue weighted by atomic mass is 10.0. The number of amides is 1. The maximum absolute atomic E-state index is 13.4. The van der Waals surface area contributed by atoms with Gasteiger partial charge in [-0.25, -0.2) is 0 Å². The van der Waals surface area contributed by atoms with Gasteiger partial charge in [-0.15, -0.1) is 11.3 Å². The summed E-state index contributed by atoms with van der Waals surface area (Å²) in [6.07, 6.45) is 4.48. The Morgan fingerprint density at radius 2 is 2.12 bits per heavy atom. The third-order valence-electron chi connectivity index (χ3n) is 5.70. The predicted octanol–water partition coefficient (Wildman–Crippen LogP) is 2.96. The van der Waals surface area contributed by atoms with Crippen molar-refractivity contribution in [3.05, 3.63) is 23.2 Å². The topological polar surface area (TPSA) is 37.7 Å². The Labute approximate surface area is 153 Å². The molecule has 2 aromatic heterocycles. The van der Waals surface area contributed by atoms with Crippen LogP contribution >= 0.6 is 11.3 Å². The zero-order valence-electron chi connectivity index (χ0n) is 15.1. The van der Waals surface area contributed by atoms with Crippen LogP contribution < -0.4 is 0 Å². The smallest absolute Gasteiger partial charge is 0.270 e. The van der Waals surface area contributed by atoms with E-state index >= 15 is 0 Å². The largest absolute Gasteiger partial charge is 0.376 e. The van der Waals surface area contributed by atoms with Crippen molar-refractivity contribution < 1.29 is 9.53 Å². The highest BCUT2D eigenvalue weighted by Gasteiger charge is 2.32. The average Bonchev–Trinajstić information content (AvgIpc) is 3.33. The second-order valence-corrected chi connectivity index (χ2v) is 8.33. The summed E-state index contributed by atoms with van der Waals surface area (Å²) in [6, 6.07) is 4.47. The van der Waals surface area contributed by atoms with Gasteiger partial charge in [0.05, 0.1) is 16.3 Å². The van der Waals surface area contributed by atoms with E-state index in [1.807, 2.05) is 11.6 Å². The standard InChI is InChI=1S/C19H27N3O2S/c1-20-8-5-14(6-9-20)22(13-15-4-3-10-24-15)19(23)17-12-18-16(21(17)2)7-11-25-18/h7,11-12,14-15H,3-6,8-10,13H2,1-2H3. The van der Waals surface area contributed by atoms with Crippen LogP contribution in [0.15, 0.2) is 17.5 Å². The van der Waals surface area contributed by atoms with Gasteiger partial charge in [-0.2, -0.15) is 0 Å². The molecule has 1 atom stereocenters. The molecule has 4 heterocycles. The van der Waals surface area contributed by atoms with Crippen LogP contribution in [0.5, 0.6) is 0 Å². The molecule has 0 aromatic carbocycles. The van der Waals surface area contributed by atoms with Gasteiger partial charge in [0, 0.05) is 26.2 Å². The number of carbonyl (C=O) groups is 1. The summed E-state index contributed by atoms with van der Waals surface area (Å²) in [5.74, 6) is 0.163. The Morgan fingerprint density at radius 1 is 1.32 bits per heavy atom. The maximum atomic E-state index is 13.4. The van der Waals surface area contributed by atoms with Crippen LogP contribution in [0.4, 0.5) is 0 Å². The van der Waals surface area contributed by atoms with Crippen LogP contribution in [-0.2, 0) is 11.8 Å². The first-order chi connectivity index (χ1) is 12.1. The van der Waals surface area contributed by atoms with Gasteiger partial charge < -0.3 is 19.1 Å². The lowest BCUT2D eigenvalue weighted by molar-refractivity contribution is 0.0314. The summed E-state index contributed by atoms with van der Waals surface area (Å²) in [4.78, 5) is 17.9. The number of ether oxygens (including phenoxy) is 1. The highest BCUT2D eigenvalue weighted by molar-refractivity contribution is 7.17. The third kappa shape index (κ3) is 3.35. The zero-order valence-corrected chi connectivity index (χ0v) is 15.9. The normalized spacial score (nSPS) is 22.7. The van der Waals surface area contributed by atoms with Crippen molar-refractivity contribution in [3.8, 4) is 0 Å². The molecule has 2 fully saturated rings. The monoisotopic (exact) mass is 361 g/mol. The second-order valence-electron chi connectivity index (χ2n) is 7.39. The number of hydrogen-bond acceptors (Lipinski definition) is 4. The number of carbonyl (C=O) groups excluding carboxylic acids is 1. The molecule has 0 radical (unpaired) electrons. The summed E-state index contributed by atoms with van der Waals surface area (Å²) in [6.45, 7) is 3.68. The molecule has 136 valence electrons. The maximum Gasteiger partial charge on any atom is 0.270 e. The highest BCUT2D eigenvalue weighted by atomic mass is 32.1. The number of rotatable bonds is 4. The first kappa shape index (κ1) is 17.1. The number of aryl methyl sites for hydroxylation is 1. The number of likely N-dealkylation sites (tertiary alicyclic amines) is 1. The van der Waals surface area contributed by atoms with Gasteiger partial charge in [-0.1, -0.05) is 0 Å². The minimum Gasteiger partial charge on any atom is -0.376 e. The van der Waals surface area contributed by atoms with Crippen LogP contribution in [0.1, 0.15) is 36.2 Å². The Kier molecular flexibility index (Phi) is 4.84. The van der Waals surface area contributed by atoms with E-state index in [0.29, 0.717) is 6.04 Å². The van der Waals surface area contributed by atoms with E-state index in [9.17, 15) is 4.79 Å². The van der Waals surface area contributed by atoms with E-state index in [1.165, 1.54) is 4.70 Å². The molecule has 2 aliphatic rings. The van der Waals surface area contributed by atoms with E-state index in [-0.39, 0.29) is 12.0 Å². The molecule has 2 aliphatic heterocycles. The first-order valence-corrected chi connectivity index (χ1v) is 10.2. The molecule has 0 bridgehead atoms. The van der Waals surface area contributed by atoms with Crippen LogP contribution in [0.3, 0.4) is 0 Å². The molecule has 0 aliphatic carbocycles. The first-order valence-electron chi connectivity index (χ1n) is 9.27. The summed E-state index contributed by atoms with van der Waals surface area (Å²) in [5.41, 5.74) is 1.95. The number of thiophene rings is 1. The summed E-state index contributed by atoms with van der Waals surface area (Å²) < 4.78 is 9.08. The van der Waals surface area contributed by atoms with Crippen LogP contribution in [-0.4, -0.2) is 65.7 Å². The van der Waals surface area contributed by atoms with E-state index in [4.69, 9.17) is 4.74 Å². The SMILES string of the molecule is CN1CCC(N(CC2CCCO2)C(=O)c2cc3sccc3n2C)CC1. The Bertz CT molecular complexity index is 739. The molecule has 0 N–H and O–H groups in total. The fourth-order valence-electron chi connectivity index (χ4n) is 4.11. The van der Waals surface area contributed by atoms with E-state index in [1.54, 1.807) is 11.3 Å². The number of aromatic nitrogens is 1. The van der Waals surface area contributed by atoms with E-state index in [0.717, 1.165) is 63.1 Å². The number of fused-ring (bicyclic) bond motifs is 1. The lowest BCUT2D eigenvalue weighted by Gasteiger charge is -2.38. The lowest BCUT2D eigenvalue weighted by Crippen LogP contribution is -2.49. The van der Waals surface area contributed by atoms with Gasteiger partial charge in [0.15, 0.2) is 0 Å². The zero-order chi connectivity index (χ0) is 17.4. The van der Waals surface area contributed by atoms with Crippen LogP contribution in [0, 0.1) is 0 Å². The summed E-state index contributed by atoms with van der Waals surface area (Å²) in [5, 5.41) is 2.08. The third-order valence-corrected chi connectivity index (χ3v) is 6.55. The van der Waals surface area contributed by atoms with Gasteiger partial charge >= 0.3 is 0 Å². The summed E-state index contributed by atoms with van der Waals surface area (Å²) in [7, 11) is 4.16. The fourth-order valence-corrected chi connectivity index (χ4v) is 4.96. The van der Waals surface area contributed by atoms with Gasteiger partial charge in [0.2, 0.25) is 0 Å². The summed E-state index contributed by atoms with van der Waals surface area (Å²) >= 11 is 1.70. The van der Waals surface area contributed by atoms with Crippen LogP contribution in [0.2, 0.25) is 0 Å². The molecule has 2 saturated heterocycles. The second kappa shape index (κ2) is 7.09. The van der Waals surface area contributed by atoms with Crippen molar-refractivity contribution in [3.63, 3.8) is 0 Å². The van der Waals surface area contributed by atoms with E-state index in [2.05, 4.69) is 34.4 Å². The molecule has 2 aromatic rings. The Morgan fingerprint density at radius 3 is 2.80 bits per heavy atom. The van der Waals surface area contributed by atoms with Gasteiger partial charge in [0.1, 0.15) is 5.69 Å². The van der Waals surface area contributed by atoms with Crippen LogP contribution in [0.25, 0.3) is 10.2 Å². The van der Waals surface area contributed by atoms with Crippen molar-refractivity contribution in [1.82, 2.24) is 14.4 Å². The van der Waals surface area contributed by atoms with Crippen molar-refractivity contribution in [2.45, 2.75) is 37.8 Å². The van der Waals surface area contributed by atoms with Crippen molar-refractivity contribution >= 4 is 27.5 Å². The molecule has 4 rings (SSSR count). The van der Waals surface area contributed by atoms with E-state index < -0.39 is 0 Å². The molecule has 1 unspecified atom stereocenters. The quantitative estimate of drug-likeness (QED) is 0.840. The van der Waals surface area contributed by atoms with Crippen molar-refractivity contribution in [2.24, 2.45) is 7.05 Å². The molecule has 5 nitrogen and oxygen atoms in total. The Hall–Kier alpha value is -1.37. The fraction of sp³-hybridized carbons (Fsp3) is 0.632. The van der Waals surface area contributed by atoms with Crippen molar-refractivity contribution in [1.29, 1.82) is 0 Å². The molecular formula is C19H27N3O2S. The molecule has 1 amide bonds. The Balaban J connectivity index is 1.60. The minimum atomic E-state index is 0.163. The molecule has 0 spiro atoms. The molecule has 6 heteroatoms. The molecule has 0 saturated carbocycles.